The molecular weight excluding hydrogens is 344 g/mol. The van der Waals surface area contributed by atoms with Gasteiger partial charge in [0.05, 0.1) is 18.4 Å². The van der Waals surface area contributed by atoms with Gasteiger partial charge in [-0.25, -0.2) is 4.79 Å². The van der Waals surface area contributed by atoms with E-state index in [-0.39, 0.29) is 12.1 Å². The molecule has 2 amide bonds. The summed E-state index contributed by atoms with van der Waals surface area (Å²) in [6, 6.07) is 18.2. The minimum absolute atomic E-state index is 0.0179. The van der Waals surface area contributed by atoms with E-state index < -0.39 is 0 Å². The number of nitrogens with zero attached hydrogens (tertiary/aromatic N) is 1. The molecule has 0 radical (unpaired) electrons. The van der Waals surface area contributed by atoms with Crippen LogP contribution in [0.1, 0.15) is 25.3 Å². The first-order chi connectivity index (χ1) is 12.8. The van der Waals surface area contributed by atoms with Gasteiger partial charge in [0.2, 0.25) is 0 Å². The molecule has 0 saturated carbocycles. The molecule has 0 unspecified atom stereocenters. The fraction of sp³-hybridized carbons (Fsp3) is 0.381. The van der Waals surface area contributed by atoms with Crippen molar-refractivity contribution in [3.63, 3.8) is 0 Å². The second kappa shape index (κ2) is 9.64. The molecule has 0 spiro atoms. The number of hydrogen-bond acceptors (Lipinski definition) is 3. The standard InChI is InChI=1S/C21H26N2O2S/c1-2-26-20-11-7-6-10-19(20)22-21(24)23-14-12-18(13-15-23)25-16-17-8-4-3-5-9-17/h3-11,18H,2,12-16H2,1H3,(H,22,24). The Morgan fingerprint density at radius 2 is 1.81 bits per heavy atom. The molecular formula is C21H26N2O2S. The zero-order chi connectivity index (χ0) is 18.2. The summed E-state index contributed by atoms with van der Waals surface area (Å²) in [6.45, 7) is 4.21. The summed E-state index contributed by atoms with van der Waals surface area (Å²) < 4.78 is 6.00. The van der Waals surface area contributed by atoms with Gasteiger partial charge in [-0.05, 0) is 36.3 Å². The van der Waals surface area contributed by atoms with Crippen molar-refractivity contribution in [2.24, 2.45) is 0 Å². The van der Waals surface area contributed by atoms with Crippen LogP contribution in [0, 0.1) is 0 Å². The Morgan fingerprint density at radius 1 is 1.12 bits per heavy atom. The largest absolute Gasteiger partial charge is 0.373 e. The molecule has 3 rings (SSSR count). The molecule has 1 aliphatic heterocycles. The molecule has 1 N–H and O–H groups in total. The Hall–Kier alpha value is -1.98. The van der Waals surface area contributed by atoms with Crippen molar-refractivity contribution in [1.82, 2.24) is 4.90 Å². The third kappa shape index (κ3) is 5.26. The smallest absolute Gasteiger partial charge is 0.321 e. The number of likely N-dealkylation sites (tertiary alicyclic amines) is 1. The lowest BCUT2D eigenvalue weighted by Crippen LogP contribution is -2.43. The summed E-state index contributed by atoms with van der Waals surface area (Å²) >= 11 is 1.74. The second-order valence-corrected chi connectivity index (χ2v) is 7.65. The number of thioether (sulfide) groups is 1. The highest BCUT2D eigenvalue weighted by Crippen LogP contribution is 2.27. The number of amides is 2. The van der Waals surface area contributed by atoms with E-state index in [0.717, 1.165) is 42.3 Å². The van der Waals surface area contributed by atoms with Crippen LogP contribution in [0.3, 0.4) is 0 Å². The maximum absolute atomic E-state index is 12.6. The summed E-state index contributed by atoms with van der Waals surface area (Å²) in [4.78, 5) is 15.6. The molecule has 1 aliphatic rings. The van der Waals surface area contributed by atoms with Crippen molar-refractivity contribution in [3.05, 3.63) is 60.2 Å². The number of anilines is 1. The van der Waals surface area contributed by atoms with Crippen LogP contribution < -0.4 is 5.32 Å². The zero-order valence-electron chi connectivity index (χ0n) is 15.2. The Morgan fingerprint density at radius 3 is 2.54 bits per heavy atom. The number of hydrogen-bond donors (Lipinski definition) is 1. The summed E-state index contributed by atoms with van der Waals surface area (Å²) in [5, 5.41) is 3.06. The van der Waals surface area contributed by atoms with Gasteiger partial charge in [0.15, 0.2) is 0 Å². The quantitative estimate of drug-likeness (QED) is 0.727. The first-order valence-corrected chi connectivity index (χ1v) is 10.2. The first-order valence-electron chi connectivity index (χ1n) is 9.19. The minimum Gasteiger partial charge on any atom is -0.373 e. The zero-order valence-corrected chi connectivity index (χ0v) is 16.0. The van der Waals surface area contributed by atoms with E-state index in [9.17, 15) is 4.79 Å². The lowest BCUT2D eigenvalue weighted by atomic mass is 10.1. The van der Waals surface area contributed by atoms with Gasteiger partial charge in [0.1, 0.15) is 0 Å². The Kier molecular flexibility index (Phi) is 6.97. The first kappa shape index (κ1) is 18.8. The highest BCUT2D eigenvalue weighted by Gasteiger charge is 2.23. The number of urea groups is 1. The van der Waals surface area contributed by atoms with Crippen LogP contribution in [0.5, 0.6) is 0 Å². The van der Waals surface area contributed by atoms with Gasteiger partial charge < -0.3 is 15.0 Å². The fourth-order valence-electron chi connectivity index (χ4n) is 3.06. The Balaban J connectivity index is 1.46. The van der Waals surface area contributed by atoms with Crippen LogP contribution in [0.2, 0.25) is 0 Å². The highest BCUT2D eigenvalue weighted by molar-refractivity contribution is 7.99. The SMILES string of the molecule is CCSc1ccccc1NC(=O)N1CCC(OCc2ccccc2)CC1. The third-order valence-electron chi connectivity index (χ3n) is 4.49. The number of carbonyl (C=O) groups excluding carboxylic acids is 1. The number of piperidine rings is 1. The van der Waals surface area contributed by atoms with E-state index in [1.807, 2.05) is 47.4 Å². The lowest BCUT2D eigenvalue weighted by molar-refractivity contribution is 0.00540. The van der Waals surface area contributed by atoms with Gasteiger partial charge in [-0.1, -0.05) is 49.4 Å². The number of ether oxygens (including phenoxy) is 1. The number of rotatable bonds is 6. The average Bonchev–Trinajstić information content (AvgIpc) is 2.69. The van der Waals surface area contributed by atoms with Crippen LogP contribution in [0.25, 0.3) is 0 Å². The maximum Gasteiger partial charge on any atom is 0.321 e. The van der Waals surface area contributed by atoms with Crippen LogP contribution in [0.4, 0.5) is 10.5 Å². The summed E-state index contributed by atoms with van der Waals surface area (Å²) in [5.74, 6) is 0.983. The average molecular weight is 371 g/mol. The van der Waals surface area contributed by atoms with Gasteiger partial charge in [0.25, 0.3) is 0 Å². The number of benzene rings is 2. The van der Waals surface area contributed by atoms with Crippen LogP contribution in [0.15, 0.2) is 59.5 Å². The number of carbonyl (C=O) groups is 1. The monoisotopic (exact) mass is 370 g/mol. The minimum atomic E-state index is -0.0179. The van der Waals surface area contributed by atoms with Crippen molar-refractivity contribution in [2.45, 2.75) is 37.4 Å². The predicted molar refractivity (Wildman–Crippen MR) is 108 cm³/mol. The van der Waals surface area contributed by atoms with Gasteiger partial charge in [0, 0.05) is 18.0 Å². The van der Waals surface area contributed by atoms with Crippen molar-refractivity contribution in [2.75, 3.05) is 24.2 Å². The van der Waals surface area contributed by atoms with E-state index in [0.29, 0.717) is 6.61 Å². The van der Waals surface area contributed by atoms with Gasteiger partial charge in [-0.15, -0.1) is 11.8 Å². The van der Waals surface area contributed by atoms with E-state index in [2.05, 4.69) is 24.4 Å². The Bertz CT molecular complexity index is 700. The topological polar surface area (TPSA) is 41.6 Å². The normalized spacial score (nSPS) is 15.0. The van der Waals surface area contributed by atoms with Crippen LogP contribution >= 0.6 is 11.8 Å². The maximum atomic E-state index is 12.6. The van der Waals surface area contributed by atoms with E-state index in [4.69, 9.17) is 4.74 Å². The molecule has 1 heterocycles. The summed E-state index contributed by atoms with van der Waals surface area (Å²) in [6.07, 6.45) is 1.99. The number of nitrogens with one attached hydrogen (secondary N) is 1. The lowest BCUT2D eigenvalue weighted by Gasteiger charge is -2.32. The van der Waals surface area contributed by atoms with Gasteiger partial charge in [-0.3, -0.25) is 0 Å². The van der Waals surface area contributed by atoms with E-state index >= 15 is 0 Å². The molecule has 2 aromatic rings. The van der Waals surface area contributed by atoms with Crippen molar-refractivity contribution >= 4 is 23.5 Å². The third-order valence-corrected chi connectivity index (χ3v) is 5.44. The number of para-hydroxylation sites is 1. The van der Waals surface area contributed by atoms with E-state index in [1.165, 1.54) is 5.56 Å². The summed E-state index contributed by atoms with van der Waals surface area (Å²) in [5.41, 5.74) is 2.09. The van der Waals surface area contributed by atoms with E-state index in [1.54, 1.807) is 11.8 Å². The molecule has 0 aliphatic carbocycles. The molecule has 2 aromatic carbocycles. The van der Waals surface area contributed by atoms with Crippen LogP contribution in [-0.2, 0) is 11.3 Å². The molecule has 0 aromatic heterocycles. The molecule has 1 fully saturated rings. The van der Waals surface area contributed by atoms with Crippen molar-refractivity contribution in [1.29, 1.82) is 0 Å². The molecule has 0 atom stereocenters. The van der Waals surface area contributed by atoms with Gasteiger partial charge >= 0.3 is 6.03 Å². The highest BCUT2D eigenvalue weighted by atomic mass is 32.2. The fourth-order valence-corrected chi connectivity index (χ4v) is 3.82. The molecule has 26 heavy (non-hydrogen) atoms. The van der Waals surface area contributed by atoms with Gasteiger partial charge in [-0.2, -0.15) is 0 Å². The molecule has 4 nitrogen and oxygen atoms in total. The predicted octanol–water partition coefficient (Wildman–Crippen LogP) is 5.01. The van der Waals surface area contributed by atoms with Crippen molar-refractivity contribution < 1.29 is 9.53 Å². The molecule has 1 saturated heterocycles. The Labute approximate surface area is 159 Å². The summed E-state index contributed by atoms with van der Waals surface area (Å²) in [7, 11) is 0. The molecule has 5 heteroatoms. The van der Waals surface area contributed by atoms with Crippen molar-refractivity contribution in [3.8, 4) is 0 Å². The molecule has 0 bridgehead atoms. The van der Waals surface area contributed by atoms with Crippen LogP contribution in [-0.4, -0.2) is 35.9 Å². The molecule has 138 valence electrons. The second-order valence-electron chi connectivity index (χ2n) is 6.34.